The van der Waals surface area contributed by atoms with E-state index in [9.17, 15) is 14.7 Å². The van der Waals surface area contributed by atoms with Crippen LogP contribution in [-0.4, -0.2) is 61.0 Å². The van der Waals surface area contributed by atoms with Gasteiger partial charge >= 0.3 is 12.0 Å². The van der Waals surface area contributed by atoms with Crippen molar-refractivity contribution in [3.63, 3.8) is 0 Å². The van der Waals surface area contributed by atoms with Crippen molar-refractivity contribution in [1.82, 2.24) is 10.2 Å². The molecule has 1 aromatic rings. The smallest absolute Gasteiger partial charge is 0.333 e. The lowest BCUT2D eigenvalue weighted by Gasteiger charge is -2.24. The fraction of sp³-hybridized carbons (Fsp3) is 0.667. The SMILES string of the molecule is CCCNC(=O)N(CCOc1ccc(CC(OCC)C(=O)O)cc1)CCC1CCCC1. The molecule has 174 valence electrons. The standard InChI is InChI=1S/C24H38N2O5/c1-3-14-25-24(29)26(15-13-19-7-5-6-8-19)16-17-31-21-11-9-20(10-12-21)18-22(23(27)28)30-4-2/h9-12,19,22H,3-8,13-18H2,1-2H3,(H,25,29)(H,27,28). The van der Waals surface area contributed by atoms with Gasteiger partial charge in [0.05, 0.1) is 6.54 Å². The Balaban J connectivity index is 1.82. The number of hydrogen-bond acceptors (Lipinski definition) is 4. The van der Waals surface area contributed by atoms with Crippen LogP contribution in [0, 0.1) is 5.92 Å². The molecule has 7 nitrogen and oxygen atoms in total. The molecule has 1 unspecified atom stereocenters. The van der Waals surface area contributed by atoms with Gasteiger partial charge in [-0.3, -0.25) is 0 Å². The lowest BCUT2D eigenvalue weighted by Crippen LogP contribution is -2.43. The minimum absolute atomic E-state index is 0.0190. The van der Waals surface area contributed by atoms with E-state index in [-0.39, 0.29) is 6.03 Å². The first kappa shape index (κ1) is 25.0. The summed E-state index contributed by atoms with van der Waals surface area (Å²) in [6.07, 6.45) is 6.62. The minimum Gasteiger partial charge on any atom is -0.492 e. The number of amides is 2. The Kier molecular flexibility index (Phi) is 11.2. The number of nitrogens with one attached hydrogen (secondary N) is 1. The summed E-state index contributed by atoms with van der Waals surface area (Å²) in [4.78, 5) is 25.6. The van der Waals surface area contributed by atoms with Gasteiger partial charge in [-0.1, -0.05) is 44.7 Å². The number of urea groups is 1. The van der Waals surface area contributed by atoms with E-state index >= 15 is 0 Å². The summed E-state index contributed by atoms with van der Waals surface area (Å²) in [5.41, 5.74) is 0.880. The van der Waals surface area contributed by atoms with Crippen molar-refractivity contribution < 1.29 is 24.2 Å². The number of carboxylic acid groups (broad SMARTS) is 1. The number of hydrogen-bond donors (Lipinski definition) is 2. The monoisotopic (exact) mass is 434 g/mol. The predicted octanol–water partition coefficient (Wildman–Crippen LogP) is 4.10. The second-order valence-corrected chi connectivity index (χ2v) is 8.14. The Hall–Kier alpha value is -2.28. The molecular formula is C24H38N2O5. The molecule has 0 aliphatic heterocycles. The predicted molar refractivity (Wildman–Crippen MR) is 121 cm³/mol. The van der Waals surface area contributed by atoms with Gasteiger partial charge in [0.25, 0.3) is 0 Å². The van der Waals surface area contributed by atoms with Gasteiger partial charge in [-0.05, 0) is 43.4 Å². The lowest BCUT2D eigenvalue weighted by molar-refractivity contribution is -0.149. The van der Waals surface area contributed by atoms with Crippen LogP contribution in [0.1, 0.15) is 57.9 Å². The normalized spacial score (nSPS) is 14.9. The summed E-state index contributed by atoms with van der Waals surface area (Å²) in [7, 11) is 0. The number of carbonyl (C=O) groups excluding carboxylic acids is 1. The number of ether oxygens (including phenoxy) is 2. The minimum atomic E-state index is -0.957. The maximum atomic E-state index is 12.5. The van der Waals surface area contributed by atoms with Gasteiger partial charge in [-0.25, -0.2) is 9.59 Å². The fourth-order valence-corrected chi connectivity index (χ4v) is 3.92. The third-order valence-electron chi connectivity index (χ3n) is 5.71. The van der Waals surface area contributed by atoms with E-state index in [4.69, 9.17) is 9.47 Å². The van der Waals surface area contributed by atoms with Crippen LogP contribution >= 0.6 is 0 Å². The summed E-state index contributed by atoms with van der Waals surface area (Å²) in [5.74, 6) is 0.485. The van der Waals surface area contributed by atoms with Gasteiger partial charge in [-0.15, -0.1) is 0 Å². The summed E-state index contributed by atoms with van der Waals surface area (Å²) in [6.45, 7) is 6.59. The number of nitrogens with zero attached hydrogens (tertiary/aromatic N) is 1. The zero-order valence-electron chi connectivity index (χ0n) is 19.0. The molecule has 0 spiro atoms. The first-order valence-corrected chi connectivity index (χ1v) is 11.6. The fourth-order valence-electron chi connectivity index (χ4n) is 3.92. The molecule has 7 heteroatoms. The van der Waals surface area contributed by atoms with Crippen LogP contribution in [-0.2, 0) is 16.0 Å². The molecule has 1 aliphatic carbocycles. The molecular weight excluding hydrogens is 396 g/mol. The van der Waals surface area contributed by atoms with Crippen molar-refractivity contribution in [3.8, 4) is 5.75 Å². The second-order valence-electron chi connectivity index (χ2n) is 8.14. The van der Waals surface area contributed by atoms with E-state index in [0.29, 0.717) is 38.5 Å². The second kappa shape index (κ2) is 13.9. The van der Waals surface area contributed by atoms with Crippen molar-refractivity contribution in [2.45, 2.75) is 64.9 Å². The quantitative estimate of drug-likeness (QED) is 0.460. The molecule has 0 heterocycles. The van der Waals surface area contributed by atoms with E-state index in [0.717, 1.165) is 30.9 Å². The number of rotatable bonds is 14. The molecule has 1 fully saturated rings. The lowest BCUT2D eigenvalue weighted by atomic mass is 10.0. The highest BCUT2D eigenvalue weighted by atomic mass is 16.5. The molecule has 0 bridgehead atoms. The maximum absolute atomic E-state index is 12.5. The Morgan fingerprint density at radius 3 is 2.48 bits per heavy atom. The molecule has 0 radical (unpaired) electrons. The van der Waals surface area contributed by atoms with Crippen molar-refractivity contribution in [1.29, 1.82) is 0 Å². The Morgan fingerprint density at radius 2 is 1.87 bits per heavy atom. The molecule has 2 rings (SSSR count). The van der Waals surface area contributed by atoms with Crippen LogP contribution in [0.25, 0.3) is 0 Å². The average molecular weight is 435 g/mol. The van der Waals surface area contributed by atoms with Crippen LogP contribution in [0.15, 0.2) is 24.3 Å². The van der Waals surface area contributed by atoms with Crippen LogP contribution in [0.4, 0.5) is 4.79 Å². The summed E-state index contributed by atoms with van der Waals surface area (Å²) < 4.78 is 11.1. The molecule has 2 N–H and O–H groups in total. The topological polar surface area (TPSA) is 88.1 Å². The summed E-state index contributed by atoms with van der Waals surface area (Å²) in [6, 6.07) is 7.36. The van der Waals surface area contributed by atoms with Gasteiger partial charge in [0.1, 0.15) is 12.4 Å². The first-order valence-electron chi connectivity index (χ1n) is 11.6. The van der Waals surface area contributed by atoms with Crippen molar-refractivity contribution in [2.75, 3.05) is 32.8 Å². The molecule has 0 aromatic heterocycles. The molecule has 1 aliphatic rings. The molecule has 31 heavy (non-hydrogen) atoms. The van der Waals surface area contributed by atoms with E-state index in [1.54, 1.807) is 6.92 Å². The Bertz CT molecular complexity index is 658. The Labute approximate surface area is 186 Å². The van der Waals surface area contributed by atoms with E-state index in [1.165, 1.54) is 25.7 Å². The number of benzene rings is 1. The van der Waals surface area contributed by atoms with Gasteiger partial charge in [-0.2, -0.15) is 0 Å². The first-order chi connectivity index (χ1) is 15.0. The van der Waals surface area contributed by atoms with Crippen molar-refractivity contribution in [2.24, 2.45) is 5.92 Å². The highest BCUT2D eigenvalue weighted by Gasteiger charge is 2.19. The van der Waals surface area contributed by atoms with Crippen LogP contribution in [0.3, 0.4) is 0 Å². The number of aliphatic carboxylic acids is 1. The molecule has 2 amide bonds. The van der Waals surface area contributed by atoms with Crippen LogP contribution in [0.2, 0.25) is 0 Å². The van der Waals surface area contributed by atoms with E-state index in [2.05, 4.69) is 5.32 Å². The summed E-state index contributed by atoms with van der Waals surface area (Å²) >= 11 is 0. The van der Waals surface area contributed by atoms with E-state index in [1.807, 2.05) is 36.1 Å². The molecule has 0 saturated heterocycles. The highest BCUT2D eigenvalue weighted by molar-refractivity contribution is 5.74. The van der Waals surface area contributed by atoms with Crippen molar-refractivity contribution >= 4 is 12.0 Å². The van der Waals surface area contributed by atoms with Gasteiger partial charge in [0.2, 0.25) is 0 Å². The zero-order valence-corrected chi connectivity index (χ0v) is 19.0. The highest BCUT2D eigenvalue weighted by Crippen LogP contribution is 2.27. The van der Waals surface area contributed by atoms with Crippen molar-refractivity contribution in [3.05, 3.63) is 29.8 Å². The number of carbonyl (C=O) groups is 2. The van der Waals surface area contributed by atoms with Crippen LogP contribution in [0.5, 0.6) is 5.75 Å². The molecule has 1 atom stereocenters. The van der Waals surface area contributed by atoms with E-state index < -0.39 is 12.1 Å². The Morgan fingerprint density at radius 1 is 1.16 bits per heavy atom. The maximum Gasteiger partial charge on any atom is 0.333 e. The zero-order chi connectivity index (χ0) is 22.5. The largest absolute Gasteiger partial charge is 0.492 e. The van der Waals surface area contributed by atoms with Crippen LogP contribution < -0.4 is 10.1 Å². The van der Waals surface area contributed by atoms with Gasteiger partial charge in [0.15, 0.2) is 6.10 Å². The van der Waals surface area contributed by atoms with Gasteiger partial charge < -0.3 is 24.8 Å². The van der Waals surface area contributed by atoms with Gasteiger partial charge in [0, 0.05) is 26.1 Å². The third kappa shape index (κ3) is 9.17. The summed E-state index contributed by atoms with van der Waals surface area (Å²) in [5, 5.41) is 12.2. The third-order valence-corrected chi connectivity index (χ3v) is 5.71. The average Bonchev–Trinajstić information content (AvgIpc) is 3.28. The molecule has 1 aromatic carbocycles. The number of carboxylic acids is 1. The molecule has 1 saturated carbocycles.